The minimum absolute atomic E-state index is 0.382. The molecule has 3 unspecified atom stereocenters. The Balaban J connectivity index is 1.71. The molecule has 0 spiro atoms. The van der Waals surface area contributed by atoms with E-state index >= 15 is 0 Å². The Hall–Kier alpha value is -1.07. The normalized spacial score (nSPS) is 28.2. The van der Waals surface area contributed by atoms with Crippen molar-refractivity contribution in [3.8, 4) is 0 Å². The average molecular weight is 308 g/mol. The first-order valence-corrected chi connectivity index (χ1v) is 9.19. The molecule has 0 aliphatic heterocycles. The van der Waals surface area contributed by atoms with Crippen molar-refractivity contribution >= 4 is 15.7 Å². The molecule has 4 nitrogen and oxygen atoms in total. The van der Waals surface area contributed by atoms with Gasteiger partial charge in [-0.15, -0.1) is 0 Å². The Kier molecular flexibility index (Phi) is 3.97. The number of fused-ring (bicyclic) bond motifs is 2. The molecular weight excluding hydrogens is 284 g/mol. The molecule has 0 heterocycles. The van der Waals surface area contributed by atoms with E-state index < -0.39 is 10.0 Å². The van der Waals surface area contributed by atoms with Crippen LogP contribution in [0.15, 0.2) is 29.2 Å². The van der Waals surface area contributed by atoms with E-state index in [4.69, 9.17) is 0 Å². The van der Waals surface area contributed by atoms with Crippen LogP contribution < -0.4 is 5.32 Å². The van der Waals surface area contributed by atoms with Gasteiger partial charge in [-0.2, -0.15) is 0 Å². The lowest BCUT2D eigenvalue weighted by Gasteiger charge is -2.26. The van der Waals surface area contributed by atoms with Crippen molar-refractivity contribution in [3.05, 3.63) is 24.3 Å². The summed E-state index contributed by atoms with van der Waals surface area (Å²) in [6.45, 7) is 0.664. The Morgan fingerprint density at radius 2 is 1.90 bits per heavy atom. The number of hydrogen-bond donors (Lipinski definition) is 1. The summed E-state index contributed by atoms with van der Waals surface area (Å²) in [5, 5.41) is 3.00. The molecule has 5 heteroatoms. The molecule has 3 rings (SSSR count). The first kappa shape index (κ1) is 14.9. The van der Waals surface area contributed by atoms with Crippen molar-refractivity contribution in [2.24, 2.45) is 17.8 Å². The van der Waals surface area contributed by atoms with Crippen molar-refractivity contribution in [2.75, 3.05) is 26.0 Å². The summed E-state index contributed by atoms with van der Waals surface area (Å²) in [6, 6.07) is 6.97. The zero-order valence-electron chi connectivity index (χ0n) is 12.7. The monoisotopic (exact) mass is 308 g/mol. The third-order valence-electron chi connectivity index (χ3n) is 5.23. The van der Waals surface area contributed by atoms with Crippen molar-refractivity contribution < 1.29 is 8.42 Å². The standard InChI is InChI=1S/C16H24N2O2S/c1-17-15-5-7-16(8-6-15)21(19,20)18(2)11-14-10-12-3-4-13(14)9-12/h5-8,12-14,17H,3-4,9-11H2,1-2H3. The SMILES string of the molecule is CNc1ccc(S(=O)(=O)N(C)CC2CC3CCC2C3)cc1. The van der Waals surface area contributed by atoms with Gasteiger partial charge in [0.1, 0.15) is 0 Å². The Labute approximate surface area is 127 Å². The van der Waals surface area contributed by atoms with Gasteiger partial charge < -0.3 is 5.32 Å². The fourth-order valence-electron chi connectivity index (χ4n) is 4.00. The van der Waals surface area contributed by atoms with Gasteiger partial charge in [-0.1, -0.05) is 6.42 Å². The molecule has 2 saturated carbocycles. The number of hydrogen-bond acceptors (Lipinski definition) is 3. The van der Waals surface area contributed by atoms with Crippen molar-refractivity contribution in [2.45, 2.75) is 30.6 Å². The van der Waals surface area contributed by atoms with E-state index in [0.717, 1.165) is 17.5 Å². The van der Waals surface area contributed by atoms with E-state index in [9.17, 15) is 8.42 Å². The number of nitrogens with one attached hydrogen (secondary N) is 1. The van der Waals surface area contributed by atoms with E-state index in [0.29, 0.717) is 17.4 Å². The van der Waals surface area contributed by atoms with E-state index in [1.807, 2.05) is 7.05 Å². The minimum Gasteiger partial charge on any atom is -0.388 e. The summed E-state index contributed by atoms with van der Waals surface area (Å²) in [6.07, 6.45) is 5.17. The highest BCUT2D eigenvalue weighted by Crippen LogP contribution is 2.48. The first-order chi connectivity index (χ1) is 10.0. The maximum absolute atomic E-state index is 12.6. The van der Waals surface area contributed by atoms with Gasteiger partial charge in [-0.3, -0.25) is 0 Å². The second-order valence-electron chi connectivity index (χ2n) is 6.49. The Morgan fingerprint density at radius 1 is 1.19 bits per heavy atom. The molecule has 1 N–H and O–H groups in total. The summed E-state index contributed by atoms with van der Waals surface area (Å²) >= 11 is 0. The van der Waals surface area contributed by atoms with Crippen LogP contribution in [0.1, 0.15) is 25.7 Å². The number of benzene rings is 1. The second kappa shape index (κ2) is 5.61. The van der Waals surface area contributed by atoms with Crippen molar-refractivity contribution in [1.29, 1.82) is 0 Å². The number of nitrogens with zero attached hydrogens (tertiary/aromatic N) is 1. The molecule has 21 heavy (non-hydrogen) atoms. The molecule has 2 fully saturated rings. The molecule has 0 radical (unpaired) electrons. The van der Waals surface area contributed by atoms with Gasteiger partial charge in [-0.25, -0.2) is 12.7 Å². The van der Waals surface area contributed by atoms with Crippen LogP contribution in [0.5, 0.6) is 0 Å². The van der Waals surface area contributed by atoms with Gasteiger partial charge in [0.2, 0.25) is 10.0 Å². The van der Waals surface area contributed by atoms with Crippen LogP contribution in [-0.4, -0.2) is 33.4 Å². The first-order valence-electron chi connectivity index (χ1n) is 7.75. The lowest BCUT2D eigenvalue weighted by Crippen LogP contribution is -2.33. The summed E-state index contributed by atoms with van der Waals surface area (Å²) in [5.74, 6) is 2.16. The zero-order chi connectivity index (χ0) is 15.0. The molecule has 2 aliphatic rings. The third-order valence-corrected chi connectivity index (χ3v) is 7.06. The van der Waals surface area contributed by atoms with Crippen LogP contribution in [0.2, 0.25) is 0 Å². The lowest BCUT2D eigenvalue weighted by atomic mass is 9.89. The van der Waals surface area contributed by atoms with E-state index in [2.05, 4.69) is 5.32 Å². The van der Waals surface area contributed by atoms with Crippen molar-refractivity contribution in [1.82, 2.24) is 4.31 Å². The highest BCUT2D eigenvalue weighted by atomic mass is 32.2. The Morgan fingerprint density at radius 3 is 2.43 bits per heavy atom. The summed E-state index contributed by atoms with van der Waals surface area (Å²) in [5.41, 5.74) is 0.921. The molecule has 1 aromatic carbocycles. The summed E-state index contributed by atoms with van der Waals surface area (Å²) < 4.78 is 26.8. The fourth-order valence-corrected chi connectivity index (χ4v) is 5.23. The van der Waals surface area contributed by atoms with Crippen LogP contribution in [0.4, 0.5) is 5.69 Å². The van der Waals surface area contributed by atoms with Gasteiger partial charge in [0.25, 0.3) is 0 Å². The molecule has 3 atom stereocenters. The lowest BCUT2D eigenvalue weighted by molar-refractivity contribution is 0.280. The minimum atomic E-state index is -3.36. The quantitative estimate of drug-likeness (QED) is 0.910. The predicted molar refractivity (Wildman–Crippen MR) is 84.7 cm³/mol. The molecule has 0 saturated heterocycles. The molecule has 0 amide bonds. The summed E-state index contributed by atoms with van der Waals surface area (Å²) in [7, 11) is 0.177. The van der Waals surface area contributed by atoms with Crippen LogP contribution in [0.25, 0.3) is 0 Å². The number of rotatable bonds is 5. The van der Waals surface area contributed by atoms with E-state index in [1.165, 1.54) is 25.7 Å². The van der Waals surface area contributed by atoms with Gasteiger partial charge in [0.05, 0.1) is 4.90 Å². The zero-order valence-corrected chi connectivity index (χ0v) is 13.6. The molecular formula is C16H24N2O2S. The average Bonchev–Trinajstić information content (AvgIpc) is 3.09. The third kappa shape index (κ3) is 2.81. The molecule has 1 aromatic rings. The Bertz CT molecular complexity index is 597. The van der Waals surface area contributed by atoms with Crippen LogP contribution >= 0.6 is 0 Å². The maximum atomic E-state index is 12.6. The van der Waals surface area contributed by atoms with Crippen LogP contribution in [0, 0.1) is 17.8 Å². The van der Waals surface area contributed by atoms with Crippen molar-refractivity contribution in [3.63, 3.8) is 0 Å². The summed E-state index contributed by atoms with van der Waals surface area (Å²) in [4.78, 5) is 0.382. The second-order valence-corrected chi connectivity index (χ2v) is 8.54. The molecule has 116 valence electrons. The smallest absolute Gasteiger partial charge is 0.242 e. The predicted octanol–water partition coefficient (Wildman–Crippen LogP) is 2.79. The van der Waals surface area contributed by atoms with E-state index in [1.54, 1.807) is 35.6 Å². The van der Waals surface area contributed by atoms with Gasteiger partial charge in [0.15, 0.2) is 0 Å². The number of sulfonamides is 1. The maximum Gasteiger partial charge on any atom is 0.242 e. The fraction of sp³-hybridized carbons (Fsp3) is 0.625. The largest absolute Gasteiger partial charge is 0.388 e. The highest BCUT2D eigenvalue weighted by molar-refractivity contribution is 7.89. The van der Waals surface area contributed by atoms with Crippen LogP contribution in [0.3, 0.4) is 0 Å². The van der Waals surface area contributed by atoms with Gasteiger partial charge >= 0.3 is 0 Å². The number of anilines is 1. The highest BCUT2D eigenvalue weighted by Gasteiger charge is 2.40. The van der Waals surface area contributed by atoms with E-state index in [-0.39, 0.29) is 0 Å². The molecule has 0 aromatic heterocycles. The topological polar surface area (TPSA) is 49.4 Å². The van der Waals surface area contributed by atoms with Gasteiger partial charge in [-0.05, 0) is 61.3 Å². The molecule has 2 aliphatic carbocycles. The molecule has 2 bridgehead atoms. The van der Waals surface area contributed by atoms with Crippen LogP contribution in [-0.2, 0) is 10.0 Å². The van der Waals surface area contributed by atoms with Gasteiger partial charge in [0, 0.05) is 26.3 Å².